The van der Waals surface area contributed by atoms with Crippen molar-refractivity contribution < 1.29 is 14.3 Å². The predicted octanol–water partition coefficient (Wildman–Crippen LogP) is 3.56. The van der Waals surface area contributed by atoms with Crippen LogP contribution >= 0.6 is 15.9 Å². The lowest BCUT2D eigenvalue weighted by Gasteiger charge is -2.26. The average molecular weight is 429 g/mol. The van der Waals surface area contributed by atoms with E-state index in [1.807, 2.05) is 42.5 Å². The molecule has 8 heteroatoms. The molecule has 1 aliphatic heterocycles. The van der Waals surface area contributed by atoms with Gasteiger partial charge in [0, 0.05) is 10.0 Å². The molecule has 0 bridgehead atoms. The van der Waals surface area contributed by atoms with E-state index in [-0.39, 0.29) is 18.4 Å². The number of carbonyl (C=O) groups is 1. The highest BCUT2D eigenvalue weighted by Crippen LogP contribution is 2.40. The molecule has 27 heavy (non-hydrogen) atoms. The Bertz CT molecular complexity index is 971. The van der Waals surface area contributed by atoms with Crippen LogP contribution in [-0.2, 0) is 11.4 Å². The van der Waals surface area contributed by atoms with Crippen molar-refractivity contribution in [2.45, 2.75) is 19.1 Å². The Morgan fingerprint density at radius 3 is 2.85 bits per heavy atom. The third-order valence-corrected chi connectivity index (χ3v) is 4.91. The predicted molar refractivity (Wildman–Crippen MR) is 103 cm³/mol. The van der Waals surface area contributed by atoms with Gasteiger partial charge in [0.2, 0.25) is 11.9 Å². The normalized spacial score (nSPS) is 15.8. The first kappa shape index (κ1) is 17.5. The second-order valence-corrected chi connectivity index (χ2v) is 7.01. The van der Waals surface area contributed by atoms with Gasteiger partial charge in [-0.05, 0) is 23.8 Å². The molecule has 0 spiro atoms. The van der Waals surface area contributed by atoms with Crippen molar-refractivity contribution in [1.82, 2.24) is 14.8 Å². The molecule has 4 rings (SSSR count). The Labute approximate surface area is 164 Å². The molecule has 1 atom stereocenters. The molecule has 0 aliphatic carbocycles. The fourth-order valence-electron chi connectivity index (χ4n) is 3.09. The molecule has 0 saturated heterocycles. The lowest BCUT2D eigenvalue weighted by Crippen LogP contribution is -2.29. The highest BCUT2D eigenvalue weighted by Gasteiger charge is 2.30. The molecule has 7 nitrogen and oxygen atoms in total. The molecule has 3 aromatic rings. The van der Waals surface area contributed by atoms with Crippen LogP contribution in [0.4, 0.5) is 5.95 Å². The van der Waals surface area contributed by atoms with Crippen molar-refractivity contribution in [2.24, 2.45) is 0 Å². The molecule has 2 aromatic carbocycles. The first-order chi connectivity index (χ1) is 13.2. The largest absolute Gasteiger partial charge is 0.493 e. The summed E-state index contributed by atoms with van der Waals surface area (Å²) in [6.07, 6.45) is 1.68. The zero-order chi connectivity index (χ0) is 18.8. The number of nitrogens with zero attached hydrogens (tertiary/aromatic N) is 3. The van der Waals surface area contributed by atoms with Crippen LogP contribution in [0.2, 0.25) is 0 Å². The van der Waals surface area contributed by atoms with Crippen LogP contribution in [0, 0.1) is 0 Å². The van der Waals surface area contributed by atoms with E-state index >= 15 is 0 Å². The number of para-hydroxylation sites is 1. The van der Waals surface area contributed by atoms with Crippen LogP contribution < -0.4 is 14.8 Å². The molecular formula is C19H17BrN4O3. The molecule has 2 heterocycles. The summed E-state index contributed by atoms with van der Waals surface area (Å²) in [5, 5.41) is 6.99. The van der Waals surface area contributed by atoms with Crippen molar-refractivity contribution in [3.63, 3.8) is 0 Å². The maximum absolute atomic E-state index is 12.1. The average Bonchev–Trinajstić information content (AvgIpc) is 3.15. The van der Waals surface area contributed by atoms with Gasteiger partial charge in [0.1, 0.15) is 12.9 Å². The molecule has 1 aromatic heterocycles. The number of benzene rings is 2. The number of halogens is 1. The number of hydrogen-bond acceptors (Lipinski definition) is 5. The number of hydrogen-bond donors (Lipinski definition) is 1. The fraction of sp³-hybridized carbons (Fsp3) is 0.211. The number of rotatable bonds is 5. The standard InChI is InChI=1S/C19H17BrN4O3/c1-26-16-4-2-3-14(15-9-17(25)23-19-21-11-22-24(15)19)18(16)27-10-12-5-7-13(20)8-6-12/h2-8,11,15H,9-10H2,1H3,(H,21,22,23,25)/t15-/m1/s1. The number of methoxy groups -OCH3 is 1. The van der Waals surface area contributed by atoms with E-state index in [1.165, 1.54) is 6.33 Å². The van der Waals surface area contributed by atoms with E-state index in [1.54, 1.807) is 11.8 Å². The van der Waals surface area contributed by atoms with Crippen LogP contribution in [0.5, 0.6) is 11.5 Å². The number of aromatic nitrogens is 3. The first-order valence-corrected chi connectivity index (χ1v) is 9.18. The van der Waals surface area contributed by atoms with E-state index in [4.69, 9.17) is 9.47 Å². The zero-order valence-corrected chi connectivity index (χ0v) is 16.1. The van der Waals surface area contributed by atoms with Gasteiger partial charge < -0.3 is 9.47 Å². The second-order valence-electron chi connectivity index (χ2n) is 6.09. The summed E-state index contributed by atoms with van der Waals surface area (Å²) in [5.74, 6) is 1.53. The molecule has 0 fully saturated rings. The van der Waals surface area contributed by atoms with Gasteiger partial charge in [-0.3, -0.25) is 10.1 Å². The summed E-state index contributed by atoms with van der Waals surface area (Å²) in [7, 11) is 1.60. The fourth-order valence-corrected chi connectivity index (χ4v) is 3.36. The van der Waals surface area contributed by atoms with Crippen LogP contribution in [0.3, 0.4) is 0 Å². The molecule has 0 saturated carbocycles. The number of carbonyl (C=O) groups excluding carboxylic acids is 1. The van der Waals surface area contributed by atoms with Gasteiger partial charge in [0.05, 0.1) is 19.6 Å². The molecule has 0 radical (unpaired) electrons. The van der Waals surface area contributed by atoms with Gasteiger partial charge in [0.25, 0.3) is 0 Å². The van der Waals surface area contributed by atoms with Crippen LogP contribution in [0.1, 0.15) is 23.6 Å². The third-order valence-electron chi connectivity index (χ3n) is 4.38. The smallest absolute Gasteiger partial charge is 0.229 e. The first-order valence-electron chi connectivity index (χ1n) is 8.39. The monoisotopic (exact) mass is 428 g/mol. The van der Waals surface area contributed by atoms with E-state index < -0.39 is 0 Å². The maximum atomic E-state index is 12.1. The number of amides is 1. The quantitative estimate of drug-likeness (QED) is 0.671. The van der Waals surface area contributed by atoms with Crippen molar-refractivity contribution in [3.05, 3.63) is 64.4 Å². The summed E-state index contributed by atoms with van der Waals surface area (Å²) in [6, 6.07) is 13.2. The van der Waals surface area contributed by atoms with Crippen molar-refractivity contribution in [1.29, 1.82) is 0 Å². The number of ether oxygens (including phenoxy) is 2. The Balaban J connectivity index is 1.69. The van der Waals surface area contributed by atoms with E-state index in [0.717, 1.165) is 15.6 Å². The summed E-state index contributed by atoms with van der Waals surface area (Å²) in [5.41, 5.74) is 1.85. The Morgan fingerprint density at radius 2 is 2.07 bits per heavy atom. The number of nitrogens with one attached hydrogen (secondary N) is 1. The van der Waals surface area contributed by atoms with Gasteiger partial charge in [-0.15, -0.1) is 0 Å². The van der Waals surface area contributed by atoms with Gasteiger partial charge in [-0.25, -0.2) is 4.68 Å². The van der Waals surface area contributed by atoms with Crippen LogP contribution in [-0.4, -0.2) is 27.8 Å². The Morgan fingerprint density at radius 1 is 1.26 bits per heavy atom. The van der Waals surface area contributed by atoms with Crippen LogP contribution in [0.25, 0.3) is 0 Å². The van der Waals surface area contributed by atoms with E-state index in [9.17, 15) is 4.79 Å². The van der Waals surface area contributed by atoms with Crippen molar-refractivity contribution in [2.75, 3.05) is 12.4 Å². The lowest BCUT2D eigenvalue weighted by atomic mass is 10.0. The highest BCUT2D eigenvalue weighted by atomic mass is 79.9. The summed E-state index contributed by atoms with van der Waals surface area (Å²) >= 11 is 3.43. The van der Waals surface area contributed by atoms with Gasteiger partial charge >= 0.3 is 0 Å². The van der Waals surface area contributed by atoms with Gasteiger partial charge in [0.15, 0.2) is 11.5 Å². The molecule has 1 N–H and O–H groups in total. The minimum absolute atomic E-state index is 0.109. The van der Waals surface area contributed by atoms with E-state index in [2.05, 4.69) is 31.3 Å². The molecule has 1 aliphatic rings. The molecule has 1 amide bonds. The highest BCUT2D eigenvalue weighted by molar-refractivity contribution is 9.10. The van der Waals surface area contributed by atoms with Gasteiger partial charge in [-0.1, -0.05) is 40.2 Å². The molecular weight excluding hydrogens is 412 g/mol. The molecule has 0 unspecified atom stereocenters. The minimum atomic E-state index is -0.314. The third kappa shape index (κ3) is 3.52. The number of anilines is 1. The molecule has 138 valence electrons. The van der Waals surface area contributed by atoms with Crippen molar-refractivity contribution in [3.8, 4) is 11.5 Å². The lowest BCUT2D eigenvalue weighted by molar-refractivity contribution is -0.117. The SMILES string of the molecule is COc1cccc([C@H]2CC(=O)Nc3ncnn32)c1OCc1ccc(Br)cc1. The zero-order valence-electron chi connectivity index (χ0n) is 14.6. The van der Waals surface area contributed by atoms with E-state index in [0.29, 0.717) is 24.1 Å². The topological polar surface area (TPSA) is 78.3 Å². The Kier molecular flexibility index (Phi) is 4.81. The second kappa shape index (κ2) is 7.40. The number of fused-ring (bicyclic) bond motifs is 1. The van der Waals surface area contributed by atoms with Crippen LogP contribution in [0.15, 0.2) is 53.3 Å². The summed E-state index contributed by atoms with van der Waals surface area (Å²) in [6.45, 7) is 0.379. The summed E-state index contributed by atoms with van der Waals surface area (Å²) < 4.78 is 14.3. The maximum Gasteiger partial charge on any atom is 0.229 e. The summed E-state index contributed by atoms with van der Waals surface area (Å²) in [4.78, 5) is 16.2. The Hall–Kier alpha value is -2.87. The van der Waals surface area contributed by atoms with Crippen molar-refractivity contribution >= 4 is 27.8 Å². The van der Waals surface area contributed by atoms with Gasteiger partial charge in [-0.2, -0.15) is 10.1 Å². The minimum Gasteiger partial charge on any atom is -0.493 e.